The largest absolute Gasteiger partial charge is 0.268 e. The molecule has 17 heavy (non-hydrogen) atoms. The molecule has 1 aromatic rings. The number of rotatable bonds is 6. The molecule has 0 aliphatic carbocycles. The van der Waals surface area contributed by atoms with Gasteiger partial charge in [0.25, 0.3) is 11.1 Å². The number of H-pyrrole nitrogens is 1. The van der Waals surface area contributed by atoms with E-state index in [4.69, 9.17) is 0 Å². The fraction of sp³-hybridized carbons (Fsp3) is 0.667. The van der Waals surface area contributed by atoms with Crippen molar-refractivity contribution in [1.29, 1.82) is 0 Å². The van der Waals surface area contributed by atoms with Crippen molar-refractivity contribution >= 4 is 12.6 Å². The zero-order valence-electron chi connectivity index (χ0n) is 10.5. The molecule has 0 fully saturated rings. The summed E-state index contributed by atoms with van der Waals surface area (Å²) in [4.78, 5) is 23.4. The van der Waals surface area contributed by atoms with Crippen LogP contribution in [0.2, 0.25) is 0 Å². The first-order valence-corrected chi connectivity index (χ1v) is 6.62. The number of nitrogens with zero attached hydrogens (tertiary/aromatic N) is 1. The third kappa shape index (κ3) is 3.77. The molecule has 96 valence electrons. The molecule has 4 nitrogen and oxygen atoms in total. The van der Waals surface area contributed by atoms with Crippen molar-refractivity contribution in [2.45, 2.75) is 46.1 Å². The van der Waals surface area contributed by atoms with Gasteiger partial charge in [-0.3, -0.25) is 19.4 Å². The molecule has 0 atom stereocenters. The molecule has 0 saturated carbocycles. The van der Waals surface area contributed by atoms with E-state index in [-0.39, 0.29) is 11.1 Å². The fourth-order valence-corrected chi connectivity index (χ4v) is 1.91. The first kappa shape index (κ1) is 14.1. The van der Waals surface area contributed by atoms with Gasteiger partial charge in [-0.1, -0.05) is 12.8 Å². The van der Waals surface area contributed by atoms with Crippen LogP contribution in [0.1, 0.15) is 36.8 Å². The molecular formula is C12H20N2O2S. The van der Waals surface area contributed by atoms with Gasteiger partial charge in [0.05, 0.1) is 0 Å². The van der Waals surface area contributed by atoms with Crippen molar-refractivity contribution in [2.24, 2.45) is 0 Å². The summed E-state index contributed by atoms with van der Waals surface area (Å²) in [6.07, 6.45) is 4.18. The van der Waals surface area contributed by atoms with Gasteiger partial charge in [0, 0.05) is 17.7 Å². The van der Waals surface area contributed by atoms with Gasteiger partial charge in [0.2, 0.25) is 0 Å². The molecule has 1 aromatic heterocycles. The van der Waals surface area contributed by atoms with E-state index >= 15 is 0 Å². The molecular weight excluding hydrogens is 236 g/mol. The van der Waals surface area contributed by atoms with Gasteiger partial charge in [-0.05, 0) is 32.4 Å². The number of aryl methyl sites for hydroxylation is 1. The highest BCUT2D eigenvalue weighted by Crippen LogP contribution is 2.01. The number of aromatic nitrogens is 2. The van der Waals surface area contributed by atoms with E-state index in [1.807, 2.05) is 0 Å². The Bertz CT molecular complexity index is 476. The molecule has 1 N–H and O–H groups in total. The molecule has 0 spiro atoms. The molecule has 0 radical (unpaired) electrons. The maximum absolute atomic E-state index is 11.8. The van der Waals surface area contributed by atoms with E-state index in [0.717, 1.165) is 31.4 Å². The Morgan fingerprint density at radius 1 is 1.06 bits per heavy atom. The van der Waals surface area contributed by atoms with Crippen LogP contribution >= 0.6 is 12.6 Å². The lowest BCUT2D eigenvalue weighted by Gasteiger charge is -2.07. The summed E-state index contributed by atoms with van der Waals surface area (Å²) in [5.41, 5.74) is 0.805. The van der Waals surface area contributed by atoms with Crippen molar-refractivity contribution < 1.29 is 0 Å². The van der Waals surface area contributed by atoms with Crippen LogP contribution < -0.4 is 11.1 Å². The number of aromatic amines is 1. The molecule has 0 aliphatic rings. The Labute approximate surface area is 106 Å². The molecule has 0 bridgehead atoms. The third-order valence-corrected chi connectivity index (χ3v) is 3.31. The number of hydrogen-bond donors (Lipinski definition) is 2. The van der Waals surface area contributed by atoms with E-state index in [1.54, 1.807) is 13.8 Å². The molecule has 0 amide bonds. The maximum Gasteiger partial charge on any atom is 0.268 e. The van der Waals surface area contributed by atoms with Crippen LogP contribution in [-0.2, 0) is 6.54 Å². The molecule has 5 heteroatoms. The standard InChI is InChI=1S/C12H20N2O2S/c1-9-10(2)12(16)14(13-11(9)15)7-5-3-4-6-8-17/h17H,3-8H2,1-2H3,(H,13,15). The van der Waals surface area contributed by atoms with Gasteiger partial charge < -0.3 is 0 Å². The normalized spacial score (nSPS) is 10.8. The van der Waals surface area contributed by atoms with Crippen LogP contribution in [0.3, 0.4) is 0 Å². The fourth-order valence-electron chi connectivity index (χ4n) is 1.68. The summed E-state index contributed by atoms with van der Waals surface area (Å²) in [7, 11) is 0. The van der Waals surface area contributed by atoms with Gasteiger partial charge in [0.15, 0.2) is 0 Å². The maximum atomic E-state index is 11.8. The molecule has 0 unspecified atom stereocenters. The number of nitrogens with one attached hydrogen (secondary N) is 1. The first-order chi connectivity index (χ1) is 8.07. The van der Waals surface area contributed by atoms with E-state index in [9.17, 15) is 9.59 Å². The predicted octanol–water partition coefficient (Wildman–Crippen LogP) is 1.64. The van der Waals surface area contributed by atoms with E-state index in [2.05, 4.69) is 17.7 Å². The van der Waals surface area contributed by atoms with Crippen LogP contribution in [0, 0.1) is 13.8 Å². The summed E-state index contributed by atoms with van der Waals surface area (Å²) in [6.45, 7) is 3.96. The zero-order valence-corrected chi connectivity index (χ0v) is 11.3. The molecule has 0 aliphatic heterocycles. The van der Waals surface area contributed by atoms with Crippen molar-refractivity contribution in [1.82, 2.24) is 9.78 Å². The molecule has 0 aromatic carbocycles. The average molecular weight is 256 g/mol. The number of unbranched alkanes of at least 4 members (excludes halogenated alkanes) is 3. The Balaban J connectivity index is 2.67. The van der Waals surface area contributed by atoms with Crippen LogP contribution in [-0.4, -0.2) is 15.5 Å². The monoisotopic (exact) mass is 256 g/mol. The lowest BCUT2D eigenvalue weighted by molar-refractivity contribution is 0.511. The van der Waals surface area contributed by atoms with Gasteiger partial charge in [-0.15, -0.1) is 0 Å². The van der Waals surface area contributed by atoms with Crippen LogP contribution in [0.15, 0.2) is 9.59 Å². The molecule has 0 saturated heterocycles. The van der Waals surface area contributed by atoms with Crippen LogP contribution in [0.5, 0.6) is 0 Å². The number of hydrogen-bond acceptors (Lipinski definition) is 3. The number of thiol groups is 1. The summed E-state index contributed by atoms with van der Waals surface area (Å²) < 4.78 is 1.42. The van der Waals surface area contributed by atoms with E-state index in [0.29, 0.717) is 17.7 Å². The summed E-state index contributed by atoms with van der Waals surface area (Å²) in [5.74, 6) is 0.903. The summed E-state index contributed by atoms with van der Waals surface area (Å²) in [6, 6.07) is 0. The highest BCUT2D eigenvalue weighted by atomic mass is 32.1. The molecule has 1 heterocycles. The Morgan fingerprint density at radius 2 is 1.71 bits per heavy atom. The van der Waals surface area contributed by atoms with Crippen molar-refractivity contribution in [3.63, 3.8) is 0 Å². The quantitative estimate of drug-likeness (QED) is 0.600. The van der Waals surface area contributed by atoms with Gasteiger partial charge >= 0.3 is 0 Å². The molecule has 1 rings (SSSR count). The Kier molecular flexibility index (Phi) is 5.55. The second-order valence-electron chi connectivity index (χ2n) is 4.29. The smallest absolute Gasteiger partial charge is 0.268 e. The van der Waals surface area contributed by atoms with Crippen molar-refractivity contribution in [3.8, 4) is 0 Å². The second-order valence-corrected chi connectivity index (χ2v) is 4.73. The third-order valence-electron chi connectivity index (χ3n) is 3.00. The summed E-state index contributed by atoms with van der Waals surface area (Å²) >= 11 is 4.14. The van der Waals surface area contributed by atoms with Gasteiger partial charge in [-0.25, -0.2) is 0 Å². The summed E-state index contributed by atoms with van der Waals surface area (Å²) in [5, 5.41) is 2.61. The highest BCUT2D eigenvalue weighted by molar-refractivity contribution is 7.80. The van der Waals surface area contributed by atoms with E-state index < -0.39 is 0 Å². The van der Waals surface area contributed by atoms with Crippen molar-refractivity contribution in [2.75, 3.05) is 5.75 Å². The second kappa shape index (κ2) is 6.69. The minimum absolute atomic E-state index is 0.0868. The minimum Gasteiger partial charge on any atom is -0.268 e. The zero-order chi connectivity index (χ0) is 12.8. The lowest BCUT2D eigenvalue weighted by Crippen LogP contribution is -2.33. The van der Waals surface area contributed by atoms with E-state index in [1.165, 1.54) is 4.68 Å². The topological polar surface area (TPSA) is 54.9 Å². The van der Waals surface area contributed by atoms with Gasteiger partial charge in [-0.2, -0.15) is 12.6 Å². The Hall–Kier alpha value is -0.970. The minimum atomic E-state index is -0.169. The lowest BCUT2D eigenvalue weighted by atomic mass is 10.2. The first-order valence-electron chi connectivity index (χ1n) is 5.99. The average Bonchev–Trinajstić information content (AvgIpc) is 2.32. The van der Waals surface area contributed by atoms with Crippen molar-refractivity contribution in [3.05, 3.63) is 31.8 Å². The van der Waals surface area contributed by atoms with Crippen LogP contribution in [0.4, 0.5) is 0 Å². The Morgan fingerprint density at radius 3 is 2.35 bits per heavy atom. The van der Waals surface area contributed by atoms with Crippen LogP contribution in [0.25, 0.3) is 0 Å². The predicted molar refractivity (Wildman–Crippen MR) is 73.1 cm³/mol. The SMILES string of the molecule is Cc1c(C)c(=O)n(CCCCCCS)[nH]c1=O. The van der Waals surface area contributed by atoms with Gasteiger partial charge in [0.1, 0.15) is 0 Å². The highest BCUT2D eigenvalue weighted by Gasteiger charge is 2.06.